The Hall–Kier alpha value is -1.39. The number of anilines is 1. The van der Waals surface area contributed by atoms with Crippen molar-refractivity contribution in [2.24, 2.45) is 0 Å². The van der Waals surface area contributed by atoms with Crippen LogP contribution in [0.15, 0.2) is 18.2 Å². The summed E-state index contributed by atoms with van der Waals surface area (Å²) in [6.07, 6.45) is 4.96. The van der Waals surface area contributed by atoms with E-state index in [0.717, 1.165) is 30.8 Å². The molecular weight excluding hydrogens is 250 g/mol. The van der Waals surface area contributed by atoms with Crippen molar-refractivity contribution in [2.75, 3.05) is 25.6 Å². The maximum absolute atomic E-state index is 7.50. The van der Waals surface area contributed by atoms with E-state index in [0.29, 0.717) is 12.1 Å². The van der Waals surface area contributed by atoms with Gasteiger partial charge in [-0.3, -0.25) is 0 Å². The summed E-state index contributed by atoms with van der Waals surface area (Å²) in [6, 6.07) is 7.35. The van der Waals surface area contributed by atoms with Crippen LogP contribution in [0, 0.1) is 5.41 Å². The third kappa shape index (κ3) is 4.32. The summed E-state index contributed by atoms with van der Waals surface area (Å²) in [5.74, 6) is 0. The highest BCUT2D eigenvalue weighted by Crippen LogP contribution is 2.26. The van der Waals surface area contributed by atoms with Gasteiger partial charge in [-0.1, -0.05) is 12.1 Å². The third-order valence-corrected chi connectivity index (χ3v) is 3.64. The summed E-state index contributed by atoms with van der Waals surface area (Å²) < 4.78 is 5.05. The van der Waals surface area contributed by atoms with Crippen molar-refractivity contribution in [3.8, 4) is 0 Å². The van der Waals surface area contributed by atoms with Gasteiger partial charge in [-0.25, -0.2) is 0 Å². The van der Waals surface area contributed by atoms with Gasteiger partial charge in [-0.05, 0) is 37.8 Å². The van der Waals surface area contributed by atoms with Crippen molar-refractivity contribution in [1.29, 1.82) is 5.41 Å². The van der Waals surface area contributed by atoms with Gasteiger partial charge in [-0.15, -0.1) is 0 Å². The van der Waals surface area contributed by atoms with Gasteiger partial charge in [0.2, 0.25) is 0 Å². The molecule has 20 heavy (non-hydrogen) atoms. The Labute approximate surface area is 121 Å². The Bertz CT molecular complexity index is 443. The molecule has 1 aliphatic rings. The average Bonchev–Trinajstić information content (AvgIpc) is 3.27. The zero-order valence-corrected chi connectivity index (χ0v) is 12.4. The summed E-state index contributed by atoms with van der Waals surface area (Å²) in [5, 5.41) is 14.5. The second-order valence-corrected chi connectivity index (χ2v) is 5.43. The van der Waals surface area contributed by atoms with E-state index in [9.17, 15) is 0 Å². The van der Waals surface area contributed by atoms with Crippen molar-refractivity contribution in [3.05, 3.63) is 29.3 Å². The summed E-state index contributed by atoms with van der Waals surface area (Å²) in [6.45, 7) is 3.82. The topological polar surface area (TPSA) is 57.1 Å². The number of methoxy groups -OCH3 is 1. The highest BCUT2D eigenvalue weighted by atomic mass is 16.5. The molecule has 1 aromatic carbocycles. The molecule has 1 fully saturated rings. The van der Waals surface area contributed by atoms with E-state index in [4.69, 9.17) is 10.1 Å². The first kappa shape index (κ1) is 15.0. The van der Waals surface area contributed by atoms with Crippen LogP contribution in [0.3, 0.4) is 0 Å². The molecule has 0 saturated heterocycles. The fourth-order valence-corrected chi connectivity index (χ4v) is 2.26. The second kappa shape index (κ2) is 7.41. The van der Waals surface area contributed by atoms with Gasteiger partial charge < -0.3 is 20.8 Å². The van der Waals surface area contributed by atoms with E-state index >= 15 is 0 Å². The van der Waals surface area contributed by atoms with Gasteiger partial charge in [0.1, 0.15) is 0 Å². The lowest BCUT2D eigenvalue weighted by Gasteiger charge is -2.17. The van der Waals surface area contributed by atoms with Crippen molar-refractivity contribution >= 4 is 11.9 Å². The van der Waals surface area contributed by atoms with E-state index < -0.39 is 0 Å². The van der Waals surface area contributed by atoms with Gasteiger partial charge >= 0.3 is 0 Å². The molecule has 1 atom stereocenters. The molecule has 0 aromatic heterocycles. The largest absolute Gasteiger partial charge is 0.385 e. The van der Waals surface area contributed by atoms with Gasteiger partial charge in [0, 0.05) is 49.8 Å². The highest BCUT2D eigenvalue weighted by molar-refractivity contribution is 5.86. The number of hydrogen-bond acceptors (Lipinski definition) is 4. The molecule has 4 nitrogen and oxygen atoms in total. The molecule has 1 saturated carbocycles. The van der Waals surface area contributed by atoms with Gasteiger partial charge in [0.15, 0.2) is 0 Å². The molecule has 2 rings (SSSR count). The summed E-state index contributed by atoms with van der Waals surface area (Å²) in [7, 11) is 1.72. The van der Waals surface area contributed by atoms with Gasteiger partial charge in [0.25, 0.3) is 0 Å². The van der Waals surface area contributed by atoms with E-state index in [1.165, 1.54) is 24.6 Å². The van der Waals surface area contributed by atoms with Crippen molar-refractivity contribution in [1.82, 2.24) is 5.32 Å². The van der Waals surface area contributed by atoms with Crippen LogP contribution >= 0.6 is 0 Å². The molecule has 3 N–H and O–H groups in total. The predicted octanol–water partition coefficient (Wildman–Crippen LogP) is 2.95. The number of benzene rings is 1. The van der Waals surface area contributed by atoms with Crippen molar-refractivity contribution in [3.63, 3.8) is 0 Å². The maximum Gasteiger partial charge on any atom is 0.0479 e. The molecule has 1 aromatic rings. The van der Waals surface area contributed by atoms with E-state index in [1.807, 2.05) is 6.07 Å². The van der Waals surface area contributed by atoms with Crippen LogP contribution in [-0.4, -0.2) is 32.5 Å². The molecule has 110 valence electrons. The molecule has 0 radical (unpaired) electrons. The van der Waals surface area contributed by atoms with E-state index in [2.05, 4.69) is 29.7 Å². The minimum absolute atomic E-state index is 0.363. The molecule has 1 unspecified atom stereocenters. The minimum Gasteiger partial charge on any atom is -0.385 e. The van der Waals surface area contributed by atoms with Crippen molar-refractivity contribution in [2.45, 2.75) is 38.3 Å². The van der Waals surface area contributed by atoms with Crippen LogP contribution in [0.2, 0.25) is 0 Å². The monoisotopic (exact) mass is 275 g/mol. The molecule has 0 heterocycles. The fraction of sp³-hybridized carbons (Fsp3) is 0.562. The molecule has 0 bridgehead atoms. The Morgan fingerprint density at radius 1 is 1.45 bits per heavy atom. The standard InChI is InChI=1S/C16H25N3O/c1-12(19-15-6-7-15)13-4-5-14(11-17)16(10-13)18-8-3-9-20-2/h4-5,10-12,15,17-19H,3,6-9H2,1-2H3. The minimum atomic E-state index is 0.363. The van der Waals surface area contributed by atoms with Crippen LogP contribution < -0.4 is 10.6 Å². The molecule has 4 heteroatoms. The Morgan fingerprint density at radius 3 is 2.90 bits per heavy atom. The number of rotatable bonds is 9. The van der Waals surface area contributed by atoms with Gasteiger partial charge in [-0.2, -0.15) is 0 Å². The van der Waals surface area contributed by atoms with E-state index in [1.54, 1.807) is 7.11 Å². The summed E-state index contributed by atoms with van der Waals surface area (Å²) in [4.78, 5) is 0. The fourth-order valence-electron chi connectivity index (χ4n) is 2.26. The predicted molar refractivity (Wildman–Crippen MR) is 83.9 cm³/mol. The van der Waals surface area contributed by atoms with Gasteiger partial charge in [0.05, 0.1) is 0 Å². The Balaban J connectivity index is 2.00. The number of ether oxygens (including phenoxy) is 1. The van der Waals surface area contributed by atoms with Crippen LogP contribution in [0.25, 0.3) is 0 Å². The quantitative estimate of drug-likeness (QED) is 0.480. The van der Waals surface area contributed by atoms with Crippen molar-refractivity contribution < 1.29 is 4.74 Å². The average molecular weight is 275 g/mol. The van der Waals surface area contributed by atoms with E-state index in [-0.39, 0.29) is 0 Å². The number of hydrogen-bond donors (Lipinski definition) is 3. The first-order valence-electron chi connectivity index (χ1n) is 7.38. The second-order valence-electron chi connectivity index (χ2n) is 5.43. The lowest BCUT2D eigenvalue weighted by molar-refractivity contribution is 0.198. The Kier molecular flexibility index (Phi) is 5.56. The summed E-state index contributed by atoms with van der Waals surface area (Å²) in [5.41, 5.74) is 3.25. The van der Waals surface area contributed by atoms with Crippen LogP contribution in [-0.2, 0) is 4.74 Å². The highest BCUT2D eigenvalue weighted by Gasteiger charge is 2.23. The Morgan fingerprint density at radius 2 is 2.25 bits per heavy atom. The summed E-state index contributed by atoms with van der Waals surface area (Å²) >= 11 is 0. The third-order valence-electron chi connectivity index (χ3n) is 3.64. The molecule has 1 aliphatic carbocycles. The molecule has 0 amide bonds. The molecular formula is C16H25N3O. The molecule has 0 spiro atoms. The normalized spacial score (nSPS) is 15.9. The smallest absolute Gasteiger partial charge is 0.0479 e. The number of nitrogens with one attached hydrogen (secondary N) is 3. The first-order valence-corrected chi connectivity index (χ1v) is 7.38. The SMILES string of the molecule is COCCCNc1cc(C(C)NC2CC2)ccc1C=N. The van der Waals surface area contributed by atoms with Crippen LogP contribution in [0.1, 0.15) is 43.4 Å². The maximum atomic E-state index is 7.50. The first-order chi connectivity index (χ1) is 9.74. The zero-order chi connectivity index (χ0) is 14.4. The lowest BCUT2D eigenvalue weighted by atomic mass is 10.0. The lowest BCUT2D eigenvalue weighted by Crippen LogP contribution is -2.21. The van der Waals surface area contributed by atoms with Crippen LogP contribution in [0.4, 0.5) is 5.69 Å². The zero-order valence-electron chi connectivity index (χ0n) is 12.4. The molecule has 0 aliphatic heterocycles. The van der Waals surface area contributed by atoms with Crippen LogP contribution in [0.5, 0.6) is 0 Å².